The fourth-order valence-corrected chi connectivity index (χ4v) is 4.25. The van der Waals surface area contributed by atoms with Crippen molar-refractivity contribution in [1.29, 1.82) is 0 Å². The number of rotatable bonds is 5. The number of hydrogen-bond donors (Lipinski definition) is 3. The second-order valence-electron chi connectivity index (χ2n) is 8.01. The van der Waals surface area contributed by atoms with E-state index in [9.17, 15) is 4.79 Å². The van der Waals surface area contributed by atoms with Crippen molar-refractivity contribution in [3.63, 3.8) is 0 Å². The number of pyridine rings is 3. The van der Waals surface area contributed by atoms with E-state index in [4.69, 9.17) is 9.72 Å². The molecule has 5 rings (SSSR count). The molecule has 0 atom stereocenters. The van der Waals surface area contributed by atoms with Gasteiger partial charge >= 0.3 is 0 Å². The zero-order chi connectivity index (χ0) is 21.9. The lowest BCUT2D eigenvalue weighted by Gasteiger charge is -2.23. The predicted octanol–water partition coefficient (Wildman–Crippen LogP) is 4.20. The first-order chi connectivity index (χ1) is 15.7. The van der Waals surface area contributed by atoms with Crippen molar-refractivity contribution in [2.45, 2.75) is 18.8 Å². The molecule has 1 aromatic carbocycles. The Morgan fingerprint density at radius 2 is 1.88 bits per heavy atom. The Hall–Kier alpha value is -3.71. The summed E-state index contributed by atoms with van der Waals surface area (Å²) in [4.78, 5) is 24.4. The Balaban J connectivity index is 1.53. The highest BCUT2D eigenvalue weighted by Gasteiger charge is 2.16. The first kappa shape index (κ1) is 20.2. The van der Waals surface area contributed by atoms with Gasteiger partial charge in [0.2, 0.25) is 0 Å². The summed E-state index contributed by atoms with van der Waals surface area (Å²) in [5, 5.41) is 8.10. The molecule has 7 heteroatoms. The minimum Gasteiger partial charge on any atom is -0.495 e. The van der Waals surface area contributed by atoms with Crippen molar-refractivity contribution < 1.29 is 4.74 Å². The van der Waals surface area contributed by atoms with Crippen LogP contribution in [-0.2, 0) is 0 Å². The third-order valence-electron chi connectivity index (χ3n) is 5.98. The minimum atomic E-state index is -0.181. The van der Waals surface area contributed by atoms with Crippen LogP contribution in [0.25, 0.3) is 22.0 Å². The van der Waals surface area contributed by atoms with Crippen LogP contribution in [0.4, 0.5) is 11.5 Å². The van der Waals surface area contributed by atoms with Crippen molar-refractivity contribution in [3.05, 3.63) is 77.0 Å². The molecule has 1 aliphatic heterocycles. The average molecular weight is 428 g/mol. The number of methoxy groups -OCH3 is 1. The molecular weight excluding hydrogens is 402 g/mol. The van der Waals surface area contributed by atoms with Gasteiger partial charge in [0.15, 0.2) is 0 Å². The number of benzene rings is 1. The molecule has 0 bridgehead atoms. The van der Waals surface area contributed by atoms with Crippen LogP contribution >= 0.6 is 0 Å². The summed E-state index contributed by atoms with van der Waals surface area (Å²) in [6, 6.07) is 14.1. The highest BCUT2D eigenvalue weighted by atomic mass is 16.5. The standard InChI is InChI=1S/C25H25N5O2/c1-32-21-12-19(14-27-15-21)22-13-18-8-11-28-25(31)23(18)24(30-22)29-20-4-2-16(3-5-20)17-6-9-26-10-7-17/h2-5,8,11-15,17,26H,6-7,9-10H2,1H3,(H,28,31)(H,29,30). The van der Waals surface area contributed by atoms with Crippen molar-refractivity contribution in [1.82, 2.24) is 20.3 Å². The number of aromatic amines is 1. The minimum absolute atomic E-state index is 0.181. The molecule has 7 nitrogen and oxygen atoms in total. The molecule has 162 valence electrons. The number of fused-ring (bicyclic) bond motifs is 1. The van der Waals surface area contributed by atoms with Crippen LogP contribution < -0.4 is 20.9 Å². The average Bonchev–Trinajstić information content (AvgIpc) is 2.85. The lowest BCUT2D eigenvalue weighted by molar-refractivity contribution is 0.413. The van der Waals surface area contributed by atoms with Gasteiger partial charge in [-0.1, -0.05) is 12.1 Å². The molecule has 1 fully saturated rings. The van der Waals surface area contributed by atoms with Gasteiger partial charge in [-0.15, -0.1) is 0 Å². The van der Waals surface area contributed by atoms with E-state index in [1.165, 1.54) is 5.56 Å². The molecule has 0 spiro atoms. The zero-order valence-corrected chi connectivity index (χ0v) is 17.9. The van der Waals surface area contributed by atoms with Gasteiger partial charge in [0.05, 0.1) is 24.4 Å². The molecular formula is C25H25N5O2. The SMILES string of the molecule is COc1cncc(-c2cc3cc[nH]c(=O)c3c(Nc3ccc(C4CCNCC4)cc3)n2)c1. The van der Waals surface area contributed by atoms with Crippen LogP contribution in [0.5, 0.6) is 5.75 Å². The van der Waals surface area contributed by atoms with Crippen LogP contribution in [0, 0.1) is 0 Å². The largest absolute Gasteiger partial charge is 0.495 e. The summed E-state index contributed by atoms with van der Waals surface area (Å²) in [7, 11) is 1.61. The van der Waals surface area contributed by atoms with Gasteiger partial charge in [0, 0.05) is 23.6 Å². The van der Waals surface area contributed by atoms with Crippen molar-refractivity contribution in [2.75, 3.05) is 25.5 Å². The second kappa shape index (κ2) is 8.80. The van der Waals surface area contributed by atoms with Crippen molar-refractivity contribution in [3.8, 4) is 17.0 Å². The van der Waals surface area contributed by atoms with Gasteiger partial charge in [0.25, 0.3) is 5.56 Å². The summed E-state index contributed by atoms with van der Waals surface area (Å²) in [6.45, 7) is 2.13. The summed E-state index contributed by atoms with van der Waals surface area (Å²) < 4.78 is 5.31. The highest BCUT2D eigenvalue weighted by Crippen LogP contribution is 2.30. The summed E-state index contributed by atoms with van der Waals surface area (Å²) in [6.07, 6.45) is 7.35. The normalized spacial score (nSPS) is 14.4. The molecule has 0 aliphatic carbocycles. The number of hydrogen-bond acceptors (Lipinski definition) is 6. The van der Waals surface area contributed by atoms with E-state index < -0.39 is 0 Å². The van der Waals surface area contributed by atoms with Gasteiger partial charge in [-0.2, -0.15) is 0 Å². The Bertz CT molecular complexity index is 1290. The van der Waals surface area contributed by atoms with Crippen LogP contribution in [0.15, 0.2) is 65.8 Å². The van der Waals surface area contributed by atoms with E-state index in [1.54, 1.807) is 25.7 Å². The number of H-pyrrole nitrogens is 1. The molecule has 0 saturated carbocycles. The first-order valence-electron chi connectivity index (χ1n) is 10.8. The van der Waals surface area contributed by atoms with Gasteiger partial charge in [-0.25, -0.2) is 4.98 Å². The smallest absolute Gasteiger partial charge is 0.259 e. The number of anilines is 2. The van der Waals surface area contributed by atoms with Crippen LogP contribution in [0.2, 0.25) is 0 Å². The van der Waals surface area contributed by atoms with E-state index in [2.05, 4.69) is 44.9 Å². The maximum atomic E-state index is 12.6. The maximum absolute atomic E-state index is 12.6. The monoisotopic (exact) mass is 427 g/mol. The Morgan fingerprint density at radius 3 is 2.66 bits per heavy atom. The summed E-state index contributed by atoms with van der Waals surface area (Å²) >= 11 is 0. The molecule has 0 unspecified atom stereocenters. The van der Waals surface area contributed by atoms with E-state index in [0.29, 0.717) is 28.6 Å². The van der Waals surface area contributed by atoms with Gasteiger partial charge in [-0.05, 0) is 73.1 Å². The molecule has 32 heavy (non-hydrogen) atoms. The van der Waals surface area contributed by atoms with E-state index >= 15 is 0 Å². The second-order valence-corrected chi connectivity index (χ2v) is 8.01. The van der Waals surface area contributed by atoms with Crippen LogP contribution in [-0.4, -0.2) is 35.2 Å². The number of nitrogens with zero attached hydrogens (tertiary/aromatic N) is 2. The summed E-state index contributed by atoms with van der Waals surface area (Å²) in [5.74, 6) is 1.76. The van der Waals surface area contributed by atoms with E-state index in [-0.39, 0.29) is 5.56 Å². The Morgan fingerprint density at radius 1 is 1.06 bits per heavy atom. The highest BCUT2D eigenvalue weighted by molar-refractivity contribution is 5.95. The molecule has 4 aromatic rings. The van der Waals surface area contributed by atoms with Gasteiger partial charge < -0.3 is 20.4 Å². The van der Waals surface area contributed by atoms with E-state index in [0.717, 1.165) is 42.6 Å². The molecule has 1 saturated heterocycles. The third-order valence-corrected chi connectivity index (χ3v) is 5.98. The molecule has 3 N–H and O–H groups in total. The Labute approximate surface area is 185 Å². The molecule has 1 aliphatic rings. The van der Waals surface area contributed by atoms with Gasteiger partial charge in [-0.3, -0.25) is 9.78 Å². The van der Waals surface area contributed by atoms with Gasteiger partial charge in [0.1, 0.15) is 11.6 Å². The van der Waals surface area contributed by atoms with Crippen LogP contribution in [0.1, 0.15) is 24.3 Å². The fraction of sp³-hybridized carbons (Fsp3) is 0.240. The molecule has 4 heterocycles. The number of nitrogens with one attached hydrogen (secondary N) is 3. The van der Waals surface area contributed by atoms with E-state index in [1.807, 2.05) is 18.2 Å². The van der Waals surface area contributed by atoms with Crippen molar-refractivity contribution >= 4 is 22.3 Å². The Kier molecular flexibility index (Phi) is 5.56. The zero-order valence-electron chi connectivity index (χ0n) is 17.9. The molecule has 3 aromatic heterocycles. The number of ether oxygens (including phenoxy) is 1. The lowest BCUT2D eigenvalue weighted by Crippen LogP contribution is -2.26. The van der Waals surface area contributed by atoms with Crippen LogP contribution in [0.3, 0.4) is 0 Å². The number of aromatic nitrogens is 3. The number of piperidine rings is 1. The quantitative estimate of drug-likeness (QED) is 0.442. The summed E-state index contributed by atoms with van der Waals surface area (Å²) in [5.41, 5.74) is 3.59. The molecule has 0 amide bonds. The topological polar surface area (TPSA) is 91.9 Å². The fourth-order valence-electron chi connectivity index (χ4n) is 4.25. The maximum Gasteiger partial charge on any atom is 0.259 e. The molecule has 0 radical (unpaired) electrons. The first-order valence-corrected chi connectivity index (χ1v) is 10.8. The van der Waals surface area contributed by atoms with Crippen molar-refractivity contribution in [2.24, 2.45) is 0 Å². The lowest BCUT2D eigenvalue weighted by atomic mass is 9.90. The third kappa shape index (κ3) is 4.07. The predicted molar refractivity (Wildman–Crippen MR) is 127 cm³/mol.